The Bertz CT molecular complexity index is 906. The van der Waals surface area contributed by atoms with Crippen molar-refractivity contribution in [3.05, 3.63) is 60.4 Å². The summed E-state index contributed by atoms with van der Waals surface area (Å²) in [6.45, 7) is 2.60. The summed E-state index contributed by atoms with van der Waals surface area (Å²) in [5.41, 5.74) is 0.894. The molecule has 0 N–H and O–H groups in total. The van der Waals surface area contributed by atoms with Crippen LogP contribution in [0, 0.1) is 0 Å². The minimum absolute atomic E-state index is 0.0800. The fraction of sp³-hybridized carbons (Fsp3) is 0.222. The van der Waals surface area contributed by atoms with Gasteiger partial charge < -0.3 is 13.4 Å². The molecule has 6 nitrogen and oxygen atoms in total. The van der Waals surface area contributed by atoms with Crippen LogP contribution in [0.3, 0.4) is 0 Å². The van der Waals surface area contributed by atoms with E-state index >= 15 is 0 Å². The molecule has 0 bridgehead atoms. The molecule has 24 heavy (non-hydrogen) atoms. The van der Waals surface area contributed by atoms with Crippen molar-refractivity contribution in [2.45, 2.75) is 19.5 Å². The van der Waals surface area contributed by atoms with Crippen molar-refractivity contribution in [3.63, 3.8) is 0 Å². The maximum absolute atomic E-state index is 5.93. The molecule has 6 heteroatoms. The molecule has 0 aliphatic heterocycles. The lowest BCUT2D eigenvalue weighted by atomic mass is 10.2. The van der Waals surface area contributed by atoms with E-state index in [1.165, 1.54) is 0 Å². The van der Waals surface area contributed by atoms with Crippen LogP contribution in [-0.2, 0) is 6.54 Å². The third kappa shape index (κ3) is 2.72. The van der Waals surface area contributed by atoms with E-state index in [1.54, 1.807) is 18.4 Å². The SMILES string of the molecule is CC(c1cc2ccccc2o1)N(C)Cc1nc(-c2ccco2)no1. The number of rotatable bonds is 5. The number of hydrogen-bond acceptors (Lipinski definition) is 6. The molecule has 4 rings (SSSR count). The van der Waals surface area contributed by atoms with Gasteiger partial charge in [-0.25, -0.2) is 0 Å². The predicted octanol–water partition coefficient (Wildman–Crippen LogP) is 4.27. The van der Waals surface area contributed by atoms with Crippen LogP contribution in [0.4, 0.5) is 0 Å². The molecular formula is C18H17N3O3. The molecule has 1 aromatic carbocycles. The average molecular weight is 323 g/mol. The Hall–Kier alpha value is -2.86. The lowest BCUT2D eigenvalue weighted by Gasteiger charge is -2.20. The molecule has 122 valence electrons. The summed E-state index contributed by atoms with van der Waals surface area (Å²) in [6.07, 6.45) is 1.58. The lowest BCUT2D eigenvalue weighted by molar-refractivity contribution is 0.198. The second-order valence-electron chi connectivity index (χ2n) is 5.77. The highest BCUT2D eigenvalue weighted by molar-refractivity contribution is 5.77. The molecular weight excluding hydrogens is 306 g/mol. The summed E-state index contributed by atoms with van der Waals surface area (Å²) in [4.78, 5) is 6.46. The van der Waals surface area contributed by atoms with E-state index in [9.17, 15) is 0 Å². The van der Waals surface area contributed by atoms with Gasteiger partial charge in [-0.1, -0.05) is 23.4 Å². The van der Waals surface area contributed by atoms with E-state index in [4.69, 9.17) is 13.4 Å². The zero-order valence-corrected chi connectivity index (χ0v) is 13.5. The van der Waals surface area contributed by atoms with Crippen molar-refractivity contribution in [1.82, 2.24) is 15.0 Å². The fourth-order valence-corrected chi connectivity index (χ4v) is 2.60. The largest absolute Gasteiger partial charge is 0.461 e. The first-order valence-electron chi connectivity index (χ1n) is 7.76. The quantitative estimate of drug-likeness (QED) is 0.546. The molecule has 0 radical (unpaired) electrons. The van der Waals surface area contributed by atoms with Gasteiger partial charge in [0, 0.05) is 5.39 Å². The van der Waals surface area contributed by atoms with Crippen molar-refractivity contribution < 1.29 is 13.4 Å². The van der Waals surface area contributed by atoms with Gasteiger partial charge in [-0.2, -0.15) is 4.98 Å². The number of benzene rings is 1. The highest BCUT2D eigenvalue weighted by atomic mass is 16.5. The number of nitrogens with zero attached hydrogens (tertiary/aromatic N) is 3. The first-order valence-corrected chi connectivity index (χ1v) is 7.76. The molecule has 3 aromatic heterocycles. The fourth-order valence-electron chi connectivity index (χ4n) is 2.60. The Kier molecular flexibility index (Phi) is 3.66. The number of furan rings is 2. The van der Waals surface area contributed by atoms with E-state index < -0.39 is 0 Å². The zero-order chi connectivity index (χ0) is 16.5. The molecule has 0 saturated heterocycles. The third-order valence-electron chi connectivity index (χ3n) is 4.11. The van der Waals surface area contributed by atoms with Crippen LogP contribution in [0.2, 0.25) is 0 Å². The Morgan fingerprint density at radius 3 is 2.83 bits per heavy atom. The molecule has 0 saturated carbocycles. The Morgan fingerprint density at radius 2 is 2.04 bits per heavy atom. The normalized spacial score (nSPS) is 13.0. The van der Waals surface area contributed by atoms with Crippen molar-refractivity contribution in [2.75, 3.05) is 7.05 Å². The molecule has 0 aliphatic carbocycles. The molecule has 3 heterocycles. The van der Waals surface area contributed by atoms with E-state index in [0.717, 1.165) is 16.7 Å². The van der Waals surface area contributed by atoms with Gasteiger partial charge in [0.1, 0.15) is 11.3 Å². The van der Waals surface area contributed by atoms with E-state index in [0.29, 0.717) is 24.0 Å². The third-order valence-corrected chi connectivity index (χ3v) is 4.11. The topological polar surface area (TPSA) is 68.4 Å². The van der Waals surface area contributed by atoms with Crippen molar-refractivity contribution >= 4 is 11.0 Å². The predicted molar refractivity (Wildman–Crippen MR) is 88.1 cm³/mol. The second-order valence-corrected chi connectivity index (χ2v) is 5.77. The maximum Gasteiger partial charge on any atom is 0.241 e. The molecule has 0 aliphatic rings. The van der Waals surface area contributed by atoms with Gasteiger partial charge in [-0.3, -0.25) is 4.90 Å². The Labute approximate surface area is 138 Å². The van der Waals surface area contributed by atoms with Gasteiger partial charge in [-0.05, 0) is 38.2 Å². The average Bonchev–Trinajstić information content (AvgIpc) is 3.32. The smallest absolute Gasteiger partial charge is 0.241 e. The maximum atomic E-state index is 5.93. The number of aromatic nitrogens is 2. The van der Waals surface area contributed by atoms with Crippen molar-refractivity contribution in [1.29, 1.82) is 0 Å². The number of para-hydroxylation sites is 1. The van der Waals surface area contributed by atoms with Crippen LogP contribution in [0.1, 0.15) is 24.6 Å². The molecule has 4 aromatic rings. The minimum Gasteiger partial charge on any atom is -0.461 e. The van der Waals surface area contributed by atoms with Gasteiger partial charge in [0.15, 0.2) is 5.76 Å². The molecule has 0 spiro atoms. The summed E-state index contributed by atoms with van der Waals surface area (Å²) < 4.78 is 16.5. The van der Waals surface area contributed by atoms with Crippen LogP contribution in [0.25, 0.3) is 22.6 Å². The van der Waals surface area contributed by atoms with Gasteiger partial charge in [0.05, 0.1) is 18.8 Å². The van der Waals surface area contributed by atoms with Gasteiger partial charge in [0.25, 0.3) is 0 Å². The Balaban J connectivity index is 1.50. The first kappa shape index (κ1) is 14.7. The van der Waals surface area contributed by atoms with Crippen molar-refractivity contribution in [2.24, 2.45) is 0 Å². The summed E-state index contributed by atoms with van der Waals surface area (Å²) in [6, 6.07) is 13.7. The van der Waals surface area contributed by atoms with E-state index in [-0.39, 0.29) is 6.04 Å². The monoisotopic (exact) mass is 323 g/mol. The second kappa shape index (κ2) is 5.98. The van der Waals surface area contributed by atoms with Crippen LogP contribution < -0.4 is 0 Å². The van der Waals surface area contributed by atoms with Crippen LogP contribution in [0.5, 0.6) is 0 Å². The molecule has 0 fully saturated rings. The van der Waals surface area contributed by atoms with Gasteiger partial charge in [-0.15, -0.1) is 0 Å². The molecule has 1 atom stereocenters. The minimum atomic E-state index is 0.0800. The zero-order valence-electron chi connectivity index (χ0n) is 13.5. The lowest BCUT2D eigenvalue weighted by Crippen LogP contribution is -2.21. The highest BCUT2D eigenvalue weighted by Gasteiger charge is 2.19. The van der Waals surface area contributed by atoms with Gasteiger partial charge in [0.2, 0.25) is 11.7 Å². The van der Waals surface area contributed by atoms with E-state index in [1.807, 2.05) is 31.3 Å². The highest BCUT2D eigenvalue weighted by Crippen LogP contribution is 2.27. The number of fused-ring (bicyclic) bond motifs is 1. The van der Waals surface area contributed by atoms with Crippen molar-refractivity contribution in [3.8, 4) is 11.6 Å². The van der Waals surface area contributed by atoms with Crippen LogP contribution in [0.15, 0.2) is 62.1 Å². The molecule has 0 amide bonds. The van der Waals surface area contributed by atoms with Crippen LogP contribution in [-0.4, -0.2) is 22.1 Å². The summed E-state index contributed by atoms with van der Waals surface area (Å²) in [5, 5.41) is 5.05. The standard InChI is InChI=1S/C18H17N3O3/c1-12(16-10-13-6-3-4-7-14(13)23-16)21(2)11-17-19-18(20-24-17)15-8-5-9-22-15/h3-10,12H,11H2,1-2H3. The van der Waals surface area contributed by atoms with Crippen LogP contribution >= 0.6 is 0 Å². The number of hydrogen-bond donors (Lipinski definition) is 0. The van der Waals surface area contributed by atoms with E-state index in [2.05, 4.69) is 28.0 Å². The Morgan fingerprint density at radius 1 is 1.17 bits per heavy atom. The molecule has 1 unspecified atom stereocenters. The first-order chi connectivity index (χ1) is 11.7. The summed E-state index contributed by atoms with van der Waals surface area (Å²) in [7, 11) is 1.99. The van der Waals surface area contributed by atoms with Gasteiger partial charge >= 0.3 is 0 Å². The summed E-state index contributed by atoms with van der Waals surface area (Å²) in [5.74, 6) is 2.49. The summed E-state index contributed by atoms with van der Waals surface area (Å²) >= 11 is 0.